The highest BCUT2D eigenvalue weighted by Crippen LogP contribution is 2.44. The van der Waals surface area contributed by atoms with Crippen LogP contribution < -0.4 is 30.3 Å². The van der Waals surface area contributed by atoms with Crippen LogP contribution in [0, 0.1) is 0 Å². The van der Waals surface area contributed by atoms with E-state index in [0.29, 0.717) is 47.8 Å². The highest BCUT2D eigenvalue weighted by atomic mass is 35.5. The minimum absolute atomic E-state index is 0.161. The Morgan fingerprint density at radius 3 is 2.50 bits per heavy atom. The van der Waals surface area contributed by atoms with Crippen molar-refractivity contribution in [2.24, 2.45) is 0 Å². The van der Waals surface area contributed by atoms with E-state index in [9.17, 15) is 9.90 Å². The summed E-state index contributed by atoms with van der Waals surface area (Å²) in [5.41, 5.74) is 0.623. The number of aliphatic hydroxyl groups is 1. The molecule has 0 aliphatic rings. The molecule has 0 saturated heterocycles. The van der Waals surface area contributed by atoms with Gasteiger partial charge in [-0.3, -0.25) is 9.48 Å². The Morgan fingerprint density at radius 2 is 1.89 bits per heavy atom. The Labute approximate surface area is 229 Å². The van der Waals surface area contributed by atoms with Gasteiger partial charge in [0.1, 0.15) is 45.2 Å². The van der Waals surface area contributed by atoms with E-state index in [-0.39, 0.29) is 15.7 Å². The summed E-state index contributed by atoms with van der Waals surface area (Å²) >= 11 is 12.8. The van der Waals surface area contributed by atoms with Crippen molar-refractivity contribution in [1.29, 1.82) is 0 Å². The largest absolute Gasteiger partial charge is 0.495 e. The van der Waals surface area contributed by atoms with Gasteiger partial charge in [-0.2, -0.15) is 5.10 Å². The van der Waals surface area contributed by atoms with E-state index in [4.69, 9.17) is 37.4 Å². The number of aliphatic hydroxyl groups excluding tert-OH is 1. The highest BCUT2D eigenvalue weighted by Gasteiger charge is 2.22. The lowest BCUT2D eigenvalue weighted by Gasteiger charge is -2.27. The molecule has 38 heavy (non-hydrogen) atoms. The molecule has 0 saturated carbocycles. The highest BCUT2D eigenvalue weighted by molar-refractivity contribution is 6.41. The van der Waals surface area contributed by atoms with Crippen LogP contribution in [0.4, 0.5) is 28.8 Å². The van der Waals surface area contributed by atoms with Crippen LogP contribution in [-0.2, 0) is 16.1 Å². The quantitative estimate of drug-likeness (QED) is 0.178. The van der Waals surface area contributed by atoms with Crippen molar-refractivity contribution >= 4 is 57.9 Å². The number of carbonyl (C=O) groups excluding carboxylic acids is 1. The van der Waals surface area contributed by atoms with Crippen LogP contribution in [0.2, 0.25) is 10.0 Å². The van der Waals surface area contributed by atoms with Gasteiger partial charge in [0.05, 0.1) is 39.3 Å². The first kappa shape index (κ1) is 28.8. The van der Waals surface area contributed by atoms with E-state index in [1.807, 2.05) is 0 Å². The number of nitrogens with zero attached hydrogens (tertiary/aromatic N) is 5. The van der Waals surface area contributed by atoms with Crippen molar-refractivity contribution in [1.82, 2.24) is 19.7 Å². The standard InChI is InChI=1S/C23H28Cl2N8O5/c1-6-18(34)28-13-11-33(7-8-36-3)31-22(13)29-16-10-17(27-12-26-16)32(2)23(35)30-21-19(24)14(37-4)9-15(38-5)20(21)25/h6,9-12,23,30,35H,1,7-8H2,2-5H3,(H,28,34)(H,26,27,29,31). The molecular formula is C23H28Cl2N8O5. The molecule has 4 N–H and O–H groups in total. The topological polar surface area (TPSA) is 148 Å². The van der Waals surface area contributed by atoms with E-state index in [1.165, 1.54) is 31.5 Å². The zero-order valence-electron chi connectivity index (χ0n) is 21.2. The molecule has 1 unspecified atom stereocenters. The van der Waals surface area contributed by atoms with Gasteiger partial charge in [0.2, 0.25) is 12.3 Å². The van der Waals surface area contributed by atoms with Gasteiger partial charge >= 0.3 is 0 Å². The summed E-state index contributed by atoms with van der Waals surface area (Å²) in [4.78, 5) is 21.7. The Bertz CT molecular complexity index is 1260. The lowest BCUT2D eigenvalue weighted by atomic mass is 10.2. The molecule has 0 spiro atoms. The number of aromatic nitrogens is 4. The SMILES string of the molecule is C=CC(=O)Nc1cn(CCOC)nc1Nc1cc(N(C)C(O)Nc2c(Cl)c(OC)cc(OC)c2Cl)ncn1. The van der Waals surface area contributed by atoms with Gasteiger partial charge in [0.15, 0.2) is 5.82 Å². The number of nitrogens with one attached hydrogen (secondary N) is 3. The maximum atomic E-state index is 11.9. The Kier molecular flexibility index (Phi) is 9.96. The second-order valence-electron chi connectivity index (χ2n) is 7.64. The zero-order valence-corrected chi connectivity index (χ0v) is 22.7. The number of amides is 1. The van der Waals surface area contributed by atoms with Crippen molar-refractivity contribution < 1.29 is 24.1 Å². The minimum atomic E-state index is -1.32. The van der Waals surface area contributed by atoms with Gasteiger partial charge in [-0.25, -0.2) is 9.97 Å². The molecule has 0 radical (unpaired) electrons. The van der Waals surface area contributed by atoms with Crippen LogP contribution in [0.15, 0.2) is 37.3 Å². The molecule has 2 aromatic heterocycles. The minimum Gasteiger partial charge on any atom is -0.495 e. The zero-order chi connectivity index (χ0) is 27.8. The normalized spacial score (nSPS) is 11.4. The first-order valence-electron chi connectivity index (χ1n) is 11.1. The van der Waals surface area contributed by atoms with Crippen LogP contribution in [-0.4, -0.2) is 72.1 Å². The molecule has 0 bridgehead atoms. The van der Waals surface area contributed by atoms with E-state index in [2.05, 4.69) is 37.6 Å². The van der Waals surface area contributed by atoms with E-state index < -0.39 is 12.3 Å². The number of carbonyl (C=O) groups is 1. The summed E-state index contributed by atoms with van der Waals surface area (Å²) in [5.74, 6) is 1.23. The molecule has 0 aliphatic carbocycles. The molecule has 3 aromatic rings. The van der Waals surface area contributed by atoms with Crippen molar-refractivity contribution in [3.63, 3.8) is 0 Å². The Morgan fingerprint density at radius 1 is 1.21 bits per heavy atom. The molecule has 1 amide bonds. The summed E-state index contributed by atoms with van der Waals surface area (Å²) in [7, 11) is 6.08. The van der Waals surface area contributed by atoms with Crippen LogP contribution in [0.5, 0.6) is 11.5 Å². The van der Waals surface area contributed by atoms with Crippen LogP contribution in [0.3, 0.4) is 0 Å². The van der Waals surface area contributed by atoms with Gasteiger partial charge in [-0.1, -0.05) is 29.8 Å². The molecule has 0 fully saturated rings. The average molecular weight is 567 g/mol. The van der Waals surface area contributed by atoms with E-state index in [0.717, 1.165) is 6.08 Å². The van der Waals surface area contributed by atoms with Gasteiger partial charge in [-0.05, 0) is 6.08 Å². The maximum Gasteiger partial charge on any atom is 0.247 e. The van der Waals surface area contributed by atoms with Crippen LogP contribution >= 0.6 is 23.2 Å². The fraction of sp³-hybridized carbons (Fsp3) is 0.304. The third-order valence-electron chi connectivity index (χ3n) is 5.20. The lowest BCUT2D eigenvalue weighted by molar-refractivity contribution is -0.111. The number of ether oxygens (including phenoxy) is 3. The summed E-state index contributed by atoms with van der Waals surface area (Å²) < 4.78 is 17.2. The summed E-state index contributed by atoms with van der Waals surface area (Å²) in [6.45, 7) is 4.36. The predicted molar refractivity (Wildman–Crippen MR) is 146 cm³/mol. The fourth-order valence-corrected chi connectivity index (χ4v) is 3.79. The third-order valence-corrected chi connectivity index (χ3v) is 5.95. The molecule has 1 aromatic carbocycles. The van der Waals surface area contributed by atoms with Crippen LogP contribution in [0.1, 0.15) is 0 Å². The van der Waals surface area contributed by atoms with Crippen molar-refractivity contribution in [3.05, 3.63) is 47.4 Å². The maximum absolute atomic E-state index is 11.9. The van der Waals surface area contributed by atoms with Crippen molar-refractivity contribution in [3.8, 4) is 11.5 Å². The molecular weight excluding hydrogens is 539 g/mol. The fourth-order valence-electron chi connectivity index (χ4n) is 3.18. The molecule has 1 atom stereocenters. The smallest absolute Gasteiger partial charge is 0.247 e. The number of rotatable bonds is 13. The van der Waals surface area contributed by atoms with E-state index in [1.54, 1.807) is 31.1 Å². The molecule has 204 valence electrons. The number of hydrogen-bond donors (Lipinski definition) is 4. The second kappa shape index (κ2) is 13.1. The number of methoxy groups -OCH3 is 3. The second-order valence-corrected chi connectivity index (χ2v) is 8.40. The molecule has 15 heteroatoms. The van der Waals surface area contributed by atoms with Crippen molar-refractivity contribution in [2.75, 3.05) is 55.8 Å². The number of halogens is 2. The molecule has 0 aliphatic heterocycles. The van der Waals surface area contributed by atoms with E-state index >= 15 is 0 Å². The Hall–Kier alpha value is -3.78. The van der Waals surface area contributed by atoms with Gasteiger partial charge in [0.25, 0.3) is 0 Å². The molecule has 3 rings (SSSR count). The monoisotopic (exact) mass is 566 g/mol. The van der Waals surface area contributed by atoms with Gasteiger partial charge in [-0.15, -0.1) is 0 Å². The lowest BCUT2D eigenvalue weighted by Crippen LogP contribution is -2.38. The van der Waals surface area contributed by atoms with Crippen molar-refractivity contribution in [2.45, 2.75) is 12.9 Å². The first-order chi connectivity index (χ1) is 18.2. The molecule has 2 heterocycles. The van der Waals surface area contributed by atoms with Gasteiger partial charge in [0, 0.05) is 26.3 Å². The number of anilines is 5. The average Bonchev–Trinajstić information content (AvgIpc) is 3.29. The predicted octanol–water partition coefficient (Wildman–Crippen LogP) is 3.34. The first-order valence-corrected chi connectivity index (χ1v) is 11.8. The number of benzene rings is 1. The summed E-state index contributed by atoms with van der Waals surface area (Å²) in [5, 5.41) is 24.2. The molecule has 13 nitrogen and oxygen atoms in total. The third kappa shape index (κ3) is 6.75. The summed E-state index contributed by atoms with van der Waals surface area (Å²) in [6, 6.07) is 3.12. The Balaban J connectivity index is 1.83. The van der Waals surface area contributed by atoms with Gasteiger partial charge < -0.3 is 40.2 Å². The summed E-state index contributed by atoms with van der Waals surface area (Å²) in [6.07, 6.45) is 2.79. The van der Waals surface area contributed by atoms with Crippen LogP contribution in [0.25, 0.3) is 0 Å². The number of hydrogen-bond acceptors (Lipinski definition) is 11.